The first-order valence-corrected chi connectivity index (χ1v) is 4.31. The van der Waals surface area contributed by atoms with Crippen molar-refractivity contribution in [3.8, 4) is 17.2 Å². The molecule has 1 aromatic carbocycles. The van der Waals surface area contributed by atoms with E-state index in [1.807, 2.05) is 0 Å². The van der Waals surface area contributed by atoms with Crippen LogP contribution < -0.4 is 14.2 Å². The fourth-order valence-corrected chi connectivity index (χ4v) is 1.32. The van der Waals surface area contributed by atoms with Crippen LogP contribution in [0.3, 0.4) is 0 Å². The van der Waals surface area contributed by atoms with Gasteiger partial charge < -0.3 is 14.2 Å². The van der Waals surface area contributed by atoms with Crippen molar-refractivity contribution in [3.63, 3.8) is 0 Å². The lowest BCUT2D eigenvalue weighted by molar-refractivity contribution is 0.104. The van der Waals surface area contributed by atoms with Crippen LogP contribution in [0.25, 0.3) is 0 Å². The smallest absolute Gasteiger partial charge is 0.204 e. The number of benzene rings is 1. The summed E-state index contributed by atoms with van der Waals surface area (Å²) in [6, 6.07) is 3.23. The topological polar surface area (TPSA) is 44.8 Å². The second-order valence-corrected chi connectivity index (χ2v) is 2.81. The second-order valence-electron chi connectivity index (χ2n) is 2.81. The Balaban J connectivity index is 3.40. The minimum absolute atomic E-state index is 0.326. The quantitative estimate of drug-likeness (QED) is 0.708. The Morgan fingerprint density at radius 2 is 1.67 bits per heavy atom. The summed E-state index contributed by atoms with van der Waals surface area (Å²) in [5.41, 5.74) is 0.371. The zero-order chi connectivity index (χ0) is 11.4. The maximum Gasteiger partial charge on any atom is 0.204 e. The van der Waals surface area contributed by atoms with Crippen molar-refractivity contribution in [1.82, 2.24) is 0 Å². The van der Waals surface area contributed by atoms with Crippen LogP contribution in [0.1, 0.15) is 10.4 Å². The fraction of sp³-hybridized carbons (Fsp3) is 0.273. The molecule has 4 nitrogen and oxygen atoms in total. The van der Waals surface area contributed by atoms with Crippen LogP contribution in [-0.2, 0) is 0 Å². The monoisotopic (exact) mass is 209 g/mol. The van der Waals surface area contributed by atoms with Crippen molar-refractivity contribution in [2.75, 3.05) is 21.3 Å². The molecule has 0 saturated heterocycles. The fourth-order valence-electron chi connectivity index (χ4n) is 1.32. The Labute approximate surface area is 88.8 Å². The van der Waals surface area contributed by atoms with Gasteiger partial charge in [0.1, 0.15) is 0 Å². The van der Waals surface area contributed by atoms with Crippen LogP contribution in [0.15, 0.2) is 12.1 Å². The molecule has 0 aliphatic carbocycles. The predicted molar refractivity (Wildman–Crippen MR) is 55.8 cm³/mol. The van der Waals surface area contributed by atoms with E-state index in [0.29, 0.717) is 22.8 Å². The zero-order valence-electron chi connectivity index (χ0n) is 8.99. The molecule has 15 heavy (non-hydrogen) atoms. The first-order valence-electron chi connectivity index (χ1n) is 4.31. The zero-order valence-corrected chi connectivity index (χ0v) is 8.99. The summed E-state index contributed by atoms with van der Waals surface area (Å²) in [5, 5.41) is 0. The molecule has 4 heteroatoms. The van der Waals surface area contributed by atoms with Gasteiger partial charge in [0, 0.05) is 6.92 Å². The van der Waals surface area contributed by atoms with Crippen molar-refractivity contribution < 1.29 is 19.0 Å². The number of rotatable bonds is 4. The van der Waals surface area contributed by atoms with Crippen molar-refractivity contribution in [2.24, 2.45) is 0 Å². The van der Waals surface area contributed by atoms with Gasteiger partial charge in [0.2, 0.25) is 5.75 Å². The minimum atomic E-state index is -0.326. The summed E-state index contributed by atoms with van der Waals surface area (Å²) >= 11 is 0. The maximum absolute atomic E-state index is 11.2. The van der Waals surface area contributed by atoms with Crippen LogP contribution in [-0.4, -0.2) is 27.1 Å². The molecule has 0 bridgehead atoms. The summed E-state index contributed by atoms with van der Waals surface area (Å²) in [6.45, 7) is 3.33. The number of hydrogen-bond acceptors (Lipinski definition) is 4. The van der Waals surface area contributed by atoms with E-state index >= 15 is 0 Å². The van der Waals surface area contributed by atoms with Gasteiger partial charge in [0.15, 0.2) is 17.3 Å². The number of carbonyl (C=O) groups excluding carboxylic acids is 1. The van der Waals surface area contributed by atoms with Gasteiger partial charge in [-0.05, 0) is 12.1 Å². The normalized spacial score (nSPS) is 9.60. The molecule has 0 saturated carbocycles. The van der Waals surface area contributed by atoms with E-state index in [9.17, 15) is 4.79 Å². The summed E-state index contributed by atoms with van der Waals surface area (Å²) in [5.74, 6) is 0.929. The molecule has 0 N–H and O–H groups in total. The number of ketones is 1. The number of ether oxygens (including phenoxy) is 3. The Morgan fingerprint density at radius 3 is 2.07 bits per heavy atom. The van der Waals surface area contributed by atoms with Crippen LogP contribution >= 0.6 is 0 Å². The van der Waals surface area contributed by atoms with Gasteiger partial charge in [-0.25, -0.2) is 0 Å². The van der Waals surface area contributed by atoms with Crippen LogP contribution in [0.5, 0.6) is 17.2 Å². The minimum Gasteiger partial charge on any atom is -0.493 e. The predicted octanol–water partition coefficient (Wildman–Crippen LogP) is 1.73. The second kappa shape index (κ2) is 4.68. The summed E-state index contributed by atoms with van der Waals surface area (Å²) in [4.78, 5) is 11.2. The van der Waals surface area contributed by atoms with Gasteiger partial charge in [0.05, 0.1) is 26.9 Å². The molecule has 0 aliphatic rings. The van der Waals surface area contributed by atoms with Crippen molar-refractivity contribution in [3.05, 3.63) is 24.6 Å². The molecule has 1 rings (SSSR count). The van der Waals surface area contributed by atoms with Gasteiger partial charge in [-0.15, -0.1) is 0 Å². The van der Waals surface area contributed by atoms with Gasteiger partial charge in [-0.1, -0.05) is 0 Å². The Bertz CT molecular complexity index is 371. The SMILES string of the molecule is [CH2]C(=O)c1ccc(OC)c(OC)c1OC. The van der Waals surface area contributed by atoms with E-state index in [-0.39, 0.29) is 5.78 Å². The Hall–Kier alpha value is -1.71. The van der Waals surface area contributed by atoms with Gasteiger partial charge in [-0.3, -0.25) is 4.79 Å². The van der Waals surface area contributed by atoms with Crippen LogP contribution in [0.2, 0.25) is 0 Å². The lowest BCUT2D eigenvalue weighted by Crippen LogP contribution is -2.01. The van der Waals surface area contributed by atoms with Crippen molar-refractivity contribution in [2.45, 2.75) is 0 Å². The highest BCUT2D eigenvalue weighted by Gasteiger charge is 2.17. The van der Waals surface area contributed by atoms with E-state index in [4.69, 9.17) is 14.2 Å². The van der Waals surface area contributed by atoms with Crippen LogP contribution in [0, 0.1) is 6.92 Å². The third-order valence-electron chi connectivity index (χ3n) is 2.00. The molecule has 0 amide bonds. The highest BCUT2D eigenvalue weighted by Crippen LogP contribution is 2.39. The number of Topliss-reactive ketones (excluding diaryl/α,β-unsaturated/α-hetero) is 1. The summed E-state index contributed by atoms with van der Waals surface area (Å²) < 4.78 is 15.3. The summed E-state index contributed by atoms with van der Waals surface area (Å²) in [6.07, 6.45) is 0. The lowest BCUT2D eigenvalue weighted by atomic mass is 10.1. The van der Waals surface area contributed by atoms with E-state index in [1.165, 1.54) is 21.3 Å². The molecular formula is C11H13O4. The molecular weight excluding hydrogens is 196 g/mol. The van der Waals surface area contributed by atoms with Gasteiger partial charge in [0.25, 0.3) is 0 Å². The lowest BCUT2D eigenvalue weighted by Gasteiger charge is -2.13. The molecule has 0 aliphatic heterocycles. The Morgan fingerprint density at radius 1 is 1.07 bits per heavy atom. The van der Waals surface area contributed by atoms with Crippen molar-refractivity contribution >= 4 is 5.78 Å². The molecule has 0 spiro atoms. The molecule has 0 fully saturated rings. The molecule has 0 atom stereocenters. The number of hydrogen-bond donors (Lipinski definition) is 0. The highest BCUT2D eigenvalue weighted by atomic mass is 16.5. The number of carbonyl (C=O) groups is 1. The van der Waals surface area contributed by atoms with E-state index in [2.05, 4.69) is 6.92 Å². The molecule has 81 valence electrons. The average Bonchev–Trinajstić information content (AvgIpc) is 2.26. The van der Waals surface area contributed by atoms with Gasteiger partial charge in [-0.2, -0.15) is 0 Å². The Kier molecular flexibility index (Phi) is 3.55. The standard InChI is InChI=1S/C11H13O4/c1-7(12)8-5-6-9(13-2)11(15-4)10(8)14-3/h5-6H,1H2,2-4H3. The maximum atomic E-state index is 11.2. The first kappa shape index (κ1) is 11.4. The molecule has 0 aromatic heterocycles. The highest BCUT2D eigenvalue weighted by molar-refractivity contribution is 6.02. The first-order chi connectivity index (χ1) is 7.15. The molecule has 0 unspecified atom stereocenters. The molecule has 0 heterocycles. The molecule has 1 radical (unpaired) electrons. The largest absolute Gasteiger partial charge is 0.493 e. The van der Waals surface area contributed by atoms with E-state index < -0.39 is 0 Å². The van der Waals surface area contributed by atoms with Gasteiger partial charge >= 0.3 is 0 Å². The van der Waals surface area contributed by atoms with Crippen LogP contribution in [0.4, 0.5) is 0 Å². The average molecular weight is 209 g/mol. The molecule has 1 aromatic rings. The van der Waals surface area contributed by atoms with E-state index in [1.54, 1.807) is 12.1 Å². The van der Waals surface area contributed by atoms with E-state index in [0.717, 1.165) is 0 Å². The third-order valence-corrected chi connectivity index (χ3v) is 2.00. The number of methoxy groups -OCH3 is 3. The van der Waals surface area contributed by atoms with Crippen molar-refractivity contribution in [1.29, 1.82) is 0 Å². The third kappa shape index (κ3) is 2.03. The summed E-state index contributed by atoms with van der Waals surface area (Å²) in [7, 11) is 4.46.